The third-order valence-corrected chi connectivity index (χ3v) is 3.19. The Balaban J connectivity index is -0.000000375. The fraction of sp³-hybridized carbons (Fsp3) is 0.750. The van der Waals surface area contributed by atoms with Crippen molar-refractivity contribution in [3.05, 3.63) is 0 Å². The summed E-state index contributed by atoms with van der Waals surface area (Å²) in [6.45, 7) is 8.03. The van der Waals surface area contributed by atoms with Crippen LogP contribution in [0.25, 0.3) is 0 Å². The van der Waals surface area contributed by atoms with Crippen LogP contribution in [0, 0.1) is 10.8 Å². The van der Waals surface area contributed by atoms with E-state index in [1.807, 2.05) is 6.92 Å². The molecule has 0 radical (unpaired) electrons. The molecule has 0 unspecified atom stereocenters. The van der Waals surface area contributed by atoms with Crippen molar-refractivity contribution in [3.63, 3.8) is 0 Å². The second-order valence-electron chi connectivity index (χ2n) is 5.19. The van der Waals surface area contributed by atoms with Gasteiger partial charge in [-0.25, -0.2) is 0 Å². The van der Waals surface area contributed by atoms with E-state index < -0.39 is 22.6 Å². The van der Waals surface area contributed by atoms with Crippen molar-refractivity contribution in [3.8, 4) is 0 Å². The first-order chi connectivity index (χ1) is 7.05. The van der Waals surface area contributed by atoms with Gasteiger partial charge in [0.25, 0.3) is 0 Å². The van der Waals surface area contributed by atoms with E-state index in [4.69, 9.17) is 5.11 Å². The summed E-state index contributed by atoms with van der Waals surface area (Å²) in [5.41, 5.74) is -2.05. The van der Waals surface area contributed by atoms with Crippen LogP contribution in [-0.2, 0) is 14.4 Å². The molecule has 0 atom stereocenters. The summed E-state index contributed by atoms with van der Waals surface area (Å²) in [7, 11) is 0. The van der Waals surface area contributed by atoms with Gasteiger partial charge in [0.05, 0.1) is 6.42 Å². The quantitative estimate of drug-likeness (QED) is 0.575. The average molecular weight is 368 g/mol. The zero-order valence-electron chi connectivity index (χ0n) is 13.3. The summed E-state index contributed by atoms with van der Waals surface area (Å²) in [6.07, 6.45) is 0.326. The van der Waals surface area contributed by atoms with E-state index in [-0.39, 0.29) is 63.9 Å². The van der Waals surface area contributed by atoms with Crippen LogP contribution in [0.1, 0.15) is 50.3 Å². The topological polar surface area (TPSA) is 71.4 Å². The Morgan fingerprint density at radius 3 is 1.76 bits per heavy atom. The minimum absolute atomic E-state index is 0. The molecule has 96 valence electrons. The predicted molar refractivity (Wildman–Crippen MR) is 68.1 cm³/mol. The minimum Gasteiger partial charge on any atom is -1.00 e. The second kappa shape index (κ2) is 7.09. The number of carboxylic acid groups (broad SMARTS) is 1. The maximum atomic E-state index is 11.8. The van der Waals surface area contributed by atoms with Crippen molar-refractivity contribution in [1.82, 2.24) is 0 Å². The molecule has 4 nitrogen and oxygen atoms in total. The summed E-state index contributed by atoms with van der Waals surface area (Å²) in [4.78, 5) is 34.3. The molecule has 0 heterocycles. The van der Waals surface area contributed by atoms with Crippen molar-refractivity contribution >= 4 is 66.4 Å². The molecule has 0 aliphatic heterocycles. The van der Waals surface area contributed by atoms with Crippen molar-refractivity contribution in [2.75, 3.05) is 0 Å². The van der Waals surface area contributed by atoms with Crippen LogP contribution in [-0.4, -0.2) is 71.5 Å². The van der Waals surface area contributed by atoms with Crippen molar-refractivity contribution in [1.29, 1.82) is 0 Å². The monoisotopic (exact) mass is 368 g/mol. The van der Waals surface area contributed by atoms with Gasteiger partial charge in [-0.05, 0) is 20.3 Å². The van der Waals surface area contributed by atoms with Gasteiger partial charge < -0.3 is 7.96 Å². The fourth-order valence-corrected chi connectivity index (χ4v) is 0.923. The van der Waals surface area contributed by atoms with Gasteiger partial charge in [0.15, 0.2) is 5.78 Å². The van der Waals surface area contributed by atoms with Gasteiger partial charge in [-0.1, -0.05) is 20.8 Å². The third kappa shape index (κ3) is 5.26. The Morgan fingerprint density at radius 2 is 1.47 bits per heavy atom. The number of hydrogen-bond acceptors (Lipinski definition) is 3. The smallest absolute Gasteiger partial charge is 1.00 e. The summed E-state index contributed by atoms with van der Waals surface area (Å²) in [5, 5.41) is 8.85. The van der Waals surface area contributed by atoms with E-state index in [0.717, 1.165) is 0 Å². The van der Waals surface area contributed by atoms with Gasteiger partial charge in [0.1, 0.15) is 11.2 Å². The Kier molecular flexibility index (Phi) is 8.22. The summed E-state index contributed by atoms with van der Waals surface area (Å²) < 4.78 is 0. The van der Waals surface area contributed by atoms with Crippen LogP contribution in [0.2, 0.25) is 0 Å². The molecule has 0 fully saturated rings. The van der Waals surface area contributed by atoms with E-state index in [1.54, 1.807) is 13.8 Å². The molecule has 0 aliphatic carbocycles. The van der Waals surface area contributed by atoms with E-state index in [0.29, 0.717) is 6.42 Å². The van der Waals surface area contributed by atoms with Crippen LogP contribution in [0.3, 0.4) is 0 Å². The number of hydrogen-bond donors (Lipinski definition) is 1. The van der Waals surface area contributed by atoms with E-state index in [9.17, 15) is 14.4 Å². The zero-order chi connectivity index (χ0) is 13.1. The maximum absolute atomic E-state index is 11.8. The number of carbonyl (C=O) groups excluding carboxylic acids is 2. The molecule has 17 heavy (non-hydrogen) atoms. The number of aliphatic carboxylic acids is 1. The molecule has 0 bridgehead atoms. The van der Waals surface area contributed by atoms with Crippen LogP contribution in [0.5, 0.6) is 0 Å². The van der Waals surface area contributed by atoms with Gasteiger partial charge in [-0.15, -0.1) is 0 Å². The van der Waals surface area contributed by atoms with Gasteiger partial charge in [0.2, 0.25) is 0 Å². The van der Waals surface area contributed by atoms with Crippen molar-refractivity contribution in [2.24, 2.45) is 10.8 Å². The van der Waals surface area contributed by atoms with Gasteiger partial charge in [-0.2, -0.15) is 0 Å². The normalized spacial score (nSPS) is 11.6. The molecule has 1 N–H and O–H groups in total. The first kappa shape index (κ1) is 19.7. The van der Waals surface area contributed by atoms with Gasteiger partial charge >= 0.3 is 54.9 Å². The Labute approximate surface area is 146 Å². The number of carbonyl (C=O) groups is 3. The summed E-state index contributed by atoms with van der Waals surface area (Å²) in [5.74, 6) is -1.93. The molecule has 0 rings (SSSR count). The number of Topliss-reactive ketones (excluding diaryl/α,β-unsaturated/α-hetero) is 2. The standard InChI is InChI=1S/C12H20O4.Ba.2H/c1-6-11(2,3)8(13)7-9(14)12(4,5)10(15)16;;;/h6-7H2,1-5H3,(H,15,16);;;/q;+2;2*-1. The molecule has 0 aromatic carbocycles. The number of rotatable bonds is 6. The molecular formula is C12H22BaO4. The van der Waals surface area contributed by atoms with E-state index in [1.165, 1.54) is 13.8 Å². The second-order valence-corrected chi connectivity index (χ2v) is 5.19. The van der Waals surface area contributed by atoms with Gasteiger partial charge in [-0.3, -0.25) is 14.4 Å². The molecule has 0 aliphatic rings. The van der Waals surface area contributed by atoms with Gasteiger partial charge in [0, 0.05) is 5.41 Å². The fourth-order valence-electron chi connectivity index (χ4n) is 0.923. The van der Waals surface area contributed by atoms with Crippen LogP contribution < -0.4 is 0 Å². The van der Waals surface area contributed by atoms with Crippen LogP contribution in [0.15, 0.2) is 0 Å². The Bertz CT molecular complexity index is 328. The van der Waals surface area contributed by atoms with Crippen molar-refractivity contribution < 1.29 is 22.3 Å². The molecule has 0 spiro atoms. The molecule has 0 amide bonds. The van der Waals surface area contributed by atoms with Crippen molar-refractivity contribution in [2.45, 2.75) is 47.5 Å². The zero-order valence-corrected chi connectivity index (χ0v) is 15.7. The predicted octanol–water partition coefficient (Wildman–Crippen LogP) is 1.91. The molecule has 5 heteroatoms. The largest absolute Gasteiger partial charge is 2.00 e. The van der Waals surface area contributed by atoms with Crippen LogP contribution in [0.4, 0.5) is 0 Å². The third-order valence-electron chi connectivity index (χ3n) is 3.19. The van der Waals surface area contributed by atoms with E-state index >= 15 is 0 Å². The molecular weight excluding hydrogens is 345 g/mol. The minimum atomic E-state index is -1.49. The average Bonchev–Trinajstić information content (AvgIpc) is 2.17. The maximum Gasteiger partial charge on any atom is 2.00 e. The summed E-state index contributed by atoms with van der Waals surface area (Å²) >= 11 is 0. The van der Waals surface area contributed by atoms with Crippen LogP contribution >= 0.6 is 0 Å². The SMILES string of the molecule is CCC(C)(C)C(=O)CC(=O)C(C)(C)C(=O)O.[Ba+2].[H-].[H-]. The molecule has 0 aromatic heterocycles. The Morgan fingerprint density at radius 1 is 1.06 bits per heavy atom. The summed E-state index contributed by atoms with van der Waals surface area (Å²) in [6, 6.07) is 0. The Hall–Kier alpha value is 0.381. The van der Waals surface area contributed by atoms with E-state index in [2.05, 4.69) is 0 Å². The molecule has 0 aromatic rings. The number of ketones is 2. The molecule has 0 saturated carbocycles. The molecule has 0 saturated heterocycles. The first-order valence-electron chi connectivity index (χ1n) is 5.35. The first-order valence-corrected chi connectivity index (χ1v) is 5.35. The number of carboxylic acids is 1.